The Bertz CT molecular complexity index is 969. The van der Waals surface area contributed by atoms with Gasteiger partial charge in [-0.05, 0) is 24.3 Å². The molecule has 0 atom stereocenters. The number of halogens is 1. The molecule has 1 N–H and O–H groups in total. The van der Waals surface area contributed by atoms with E-state index in [1.165, 1.54) is 0 Å². The molecule has 0 aliphatic carbocycles. The Balaban J connectivity index is 1.94. The van der Waals surface area contributed by atoms with E-state index in [0.717, 1.165) is 12.0 Å². The van der Waals surface area contributed by atoms with Crippen LogP contribution in [0.25, 0.3) is 22.2 Å². The molecular weight excluding hydrogens is 342 g/mol. The van der Waals surface area contributed by atoms with Gasteiger partial charge in [0.1, 0.15) is 0 Å². The second-order valence-corrected chi connectivity index (χ2v) is 6.17. The van der Waals surface area contributed by atoms with Crippen molar-refractivity contribution in [1.82, 2.24) is 4.98 Å². The van der Waals surface area contributed by atoms with E-state index in [0.29, 0.717) is 46.3 Å². The third kappa shape index (κ3) is 2.98. The Hall–Kier alpha value is -2.79. The van der Waals surface area contributed by atoms with Crippen molar-refractivity contribution in [2.24, 2.45) is 0 Å². The van der Waals surface area contributed by atoms with E-state index in [1.807, 2.05) is 12.1 Å². The molecule has 2 heterocycles. The fourth-order valence-electron chi connectivity index (χ4n) is 2.83. The Labute approximate surface area is 148 Å². The molecule has 6 heteroatoms. The molecule has 126 valence electrons. The number of carboxylic acid groups (broad SMARTS) is 1. The Kier molecular flexibility index (Phi) is 3.93. The third-order valence-corrected chi connectivity index (χ3v) is 4.30. The number of benzene rings is 2. The second-order valence-electron chi connectivity index (χ2n) is 5.73. The number of hydrogen-bond acceptors (Lipinski definition) is 4. The van der Waals surface area contributed by atoms with Crippen LogP contribution in [0.3, 0.4) is 0 Å². The lowest BCUT2D eigenvalue weighted by atomic mass is 10.0. The lowest BCUT2D eigenvalue weighted by Crippen LogP contribution is -2.01. The summed E-state index contributed by atoms with van der Waals surface area (Å²) in [5.41, 5.74) is 2.08. The highest BCUT2D eigenvalue weighted by molar-refractivity contribution is 6.30. The van der Waals surface area contributed by atoms with Crippen molar-refractivity contribution in [3.63, 3.8) is 0 Å². The topological polar surface area (TPSA) is 68.7 Å². The number of carbonyl (C=O) groups is 1. The van der Waals surface area contributed by atoms with Crippen LogP contribution in [-0.4, -0.2) is 29.3 Å². The molecule has 0 unspecified atom stereocenters. The number of aromatic carboxylic acids is 1. The first-order valence-electron chi connectivity index (χ1n) is 7.85. The van der Waals surface area contributed by atoms with E-state index < -0.39 is 5.97 Å². The summed E-state index contributed by atoms with van der Waals surface area (Å²) in [5, 5.41) is 10.8. The monoisotopic (exact) mass is 355 g/mol. The van der Waals surface area contributed by atoms with Gasteiger partial charge < -0.3 is 14.6 Å². The number of hydrogen-bond donors (Lipinski definition) is 1. The van der Waals surface area contributed by atoms with Gasteiger partial charge in [0.05, 0.1) is 30.0 Å². The number of rotatable bonds is 2. The second kappa shape index (κ2) is 6.26. The van der Waals surface area contributed by atoms with E-state index in [9.17, 15) is 9.90 Å². The minimum Gasteiger partial charge on any atom is -0.490 e. The van der Waals surface area contributed by atoms with Crippen LogP contribution in [0.5, 0.6) is 11.5 Å². The molecule has 4 rings (SSSR count). The molecule has 0 bridgehead atoms. The van der Waals surface area contributed by atoms with Crippen LogP contribution in [0.15, 0.2) is 42.5 Å². The molecule has 1 aliphatic heterocycles. The Morgan fingerprint density at radius 1 is 1.04 bits per heavy atom. The van der Waals surface area contributed by atoms with Gasteiger partial charge in [-0.25, -0.2) is 9.78 Å². The maximum Gasteiger partial charge on any atom is 0.336 e. The van der Waals surface area contributed by atoms with Crippen LogP contribution in [0, 0.1) is 0 Å². The maximum atomic E-state index is 11.8. The minimum absolute atomic E-state index is 0.172. The minimum atomic E-state index is -1.02. The molecule has 0 spiro atoms. The molecule has 1 aromatic heterocycles. The summed E-state index contributed by atoms with van der Waals surface area (Å²) >= 11 is 5.93. The van der Waals surface area contributed by atoms with Crippen molar-refractivity contribution in [3.8, 4) is 22.8 Å². The lowest BCUT2D eigenvalue weighted by Gasteiger charge is -2.12. The molecule has 25 heavy (non-hydrogen) atoms. The van der Waals surface area contributed by atoms with Crippen LogP contribution >= 0.6 is 11.6 Å². The first-order valence-corrected chi connectivity index (χ1v) is 8.23. The number of carboxylic acids is 1. The van der Waals surface area contributed by atoms with E-state index in [-0.39, 0.29) is 5.56 Å². The van der Waals surface area contributed by atoms with Gasteiger partial charge >= 0.3 is 5.97 Å². The normalized spacial score (nSPS) is 13.5. The van der Waals surface area contributed by atoms with E-state index >= 15 is 0 Å². The summed E-state index contributed by atoms with van der Waals surface area (Å²) < 4.78 is 11.3. The molecule has 0 amide bonds. The fourth-order valence-corrected chi connectivity index (χ4v) is 2.95. The van der Waals surface area contributed by atoms with Gasteiger partial charge in [0.25, 0.3) is 0 Å². The highest BCUT2D eigenvalue weighted by Gasteiger charge is 2.18. The van der Waals surface area contributed by atoms with E-state index in [1.54, 1.807) is 30.3 Å². The Morgan fingerprint density at radius 3 is 2.40 bits per heavy atom. The Morgan fingerprint density at radius 2 is 1.72 bits per heavy atom. The van der Waals surface area contributed by atoms with Crippen LogP contribution < -0.4 is 9.47 Å². The van der Waals surface area contributed by atoms with Crippen LogP contribution in [-0.2, 0) is 0 Å². The molecular formula is C19H14ClNO4. The van der Waals surface area contributed by atoms with Gasteiger partial charge in [0, 0.05) is 28.5 Å². The highest BCUT2D eigenvalue weighted by Crippen LogP contribution is 2.36. The quantitative estimate of drug-likeness (QED) is 0.737. The summed E-state index contributed by atoms with van der Waals surface area (Å²) in [4.78, 5) is 16.4. The summed E-state index contributed by atoms with van der Waals surface area (Å²) in [6.45, 7) is 1.10. The summed E-state index contributed by atoms with van der Waals surface area (Å²) in [7, 11) is 0. The predicted octanol–water partition coefficient (Wildman–Crippen LogP) is 4.41. The van der Waals surface area contributed by atoms with Crippen LogP contribution in [0.4, 0.5) is 0 Å². The number of aromatic nitrogens is 1. The first-order chi connectivity index (χ1) is 12.1. The van der Waals surface area contributed by atoms with Crippen molar-refractivity contribution >= 4 is 28.5 Å². The number of fused-ring (bicyclic) bond motifs is 2. The summed E-state index contributed by atoms with van der Waals surface area (Å²) in [6.07, 6.45) is 0.778. The molecule has 3 aromatic rings. The van der Waals surface area contributed by atoms with Crippen molar-refractivity contribution in [2.45, 2.75) is 6.42 Å². The van der Waals surface area contributed by atoms with E-state index in [2.05, 4.69) is 4.98 Å². The number of ether oxygens (including phenoxy) is 2. The largest absolute Gasteiger partial charge is 0.490 e. The van der Waals surface area contributed by atoms with Gasteiger partial charge in [0.2, 0.25) is 0 Å². The smallest absolute Gasteiger partial charge is 0.336 e. The van der Waals surface area contributed by atoms with Crippen molar-refractivity contribution in [3.05, 3.63) is 53.1 Å². The van der Waals surface area contributed by atoms with Gasteiger partial charge in [-0.3, -0.25) is 0 Å². The van der Waals surface area contributed by atoms with Crippen molar-refractivity contribution in [1.29, 1.82) is 0 Å². The average Bonchev–Trinajstić information content (AvgIpc) is 2.84. The third-order valence-electron chi connectivity index (χ3n) is 4.05. The van der Waals surface area contributed by atoms with Crippen LogP contribution in [0.2, 0.25) is 5.02 Å². The van der Waals surface area contributed by atoms with Crippen LogP contribution in [0.1, 0.15) is 16.8 Å². The van der Waals surface area contributed by atoms with Gasteiger partial charge in [-0.15, -0.1) is 0 Å². The molecule has 5 nitrogen and oxygen atoms in total. The van der Waals surface area contributed by atoms with E-state index in [4.69, 9.17) is 21.1 Å². The van der Waals surface area contributed by atoms with Gasteiger partial charge in [0.15, 0.2) is 11.5 Å². The standard InChI is InChI=1S/C19H14ClNO4/c20-12-4-2-11(3-5-12)15-8-14(19(22)23)13-9-17-18(10-16(13)21-15)25-7-1-6-24-17/h2-5,8-10H,1,6-7H2,(H,22,23). The zero-order valence-corrected chi connectivity index (χ0v) is 13.9. The molecule has 1 aliphatic rings. The predicted molar refractivity (Wildman–Crippen MR) is 94.8 cm³/mol. The zero-order valence-electron chi connectivity index (χ0n) is 13.2. The molecule has 0 fully saturated rings. The lowest BCUT2D eigenvalue weighted by molar-refractivity contribution is 0.0699. The van der Waals surface area contributed by atoms with Gasteiger partial charge in [-0.2, -0.15) is 0 Å². The summed E-state index contributed by atoms with van der Waals surface area (Å²) in [6, 6.07) is 12.1. The molecule has 0 radical (unpaired) electrons. The zero-order chi connectivity index (χ0) is 17.4. The van der Waals surface area contributed by atoms with Crippen molar-refractivity contribution < 1.29 is 19.4 Å². The van der Waals surface area contributed by atoms with Gasteiger partial charge in [-0.1, -0.05) is 23.7 Å². The first kappa shape index (κ1) is 15.7. The van der Waals surface area contributed by atoms with Crippen molar-refractivity contribution in [2.75, 3.05) is 13.2 Å². The molecule has 2 aromatic carbocycles. The average molecular weight is 356 g/mol. The molecule has 0 saturated carbocycles. The molecule has 0 saturated heterocycles. The highest BCUT2D eigenvalue weighted by atomic mass is 35.5. The fraction of sp³-hybridized carbons (Fsp3) is 0.158. The number of nitrogens with zero attached hydrogens (tertiary/aromatic N) is 1. The number of pyridine rings is 1. The summed E-state index contributed by atoms with van der Waals surface area (Å²) in [5.74, 6) is 0.118. The maximum absolute atomic E-state index is 11.8. The SMILES string of the molecule is O=C(O)c1cc(-c2ccc(Cl)cc2)nc2cc3c(cc12)OCCCO3.